The Balaban J connectivity index is 1.70. The van der Waals surface area contributed by atoms with Gasteiger partial charge in [-0.15, -0.1) is 0 Å². The van der Waals surface area contributed by atoms with Crippen molar-refractivity contribution < 1.29 is 0 Å². The van der Waals surface area contributed by atoms with Crippen LogP contribution >= 0.6 is 0 Å². The van der Waals surface area contributed by atoms with Crippen LogP contribution in [0.2, 0.25) is 0 Å². The Morgan fingerprint density at radius 1 is 1.21 bits per heavy atom. The Bertz CT molecular complexity index is 418. The molecule has 1 saturated carbocycles. The van der Waals surface area contributed by atoms with E-state index in [9.17, 15) is 0 Å². The summed E-state index contributed by atoms with van der Waals surface area (Å²) < 4.78 is 0. The van der Waals surface area contributed by atoms with Crippen LogP contribution in [0.5, 0.6) is 0 Å². The lowest BCUT2D eigenvalue weighted by atomic mass is 9.75. The Hall–Kier alpha value is -1.25. The molecule has 1 N–H and O–H groups in total. The summed E-state index contributed by atoms with van der Waals surface area (Å²) in [6.07, 6.45) is 7.13. The highest BCUT2D eigenvalue weighted by Gasteiger charge is 2.31. The molecule has 0 radical (unpaired) electrons. The van der Waals surface area contributed by atoms with Gasteiger partial charge < -0.3 is 10.2 Å². The van der Waals surface area contributed by atoms with Crippen LogP contribution in [0.3, 0.4) is 0 Å². The van der Waals surface area contributed by atoms with Gasteiger partial charge in [-0.2, -0.15) is 0 Å². The van der Waals surface area contributed by atoms with Crippen molar-refractivity contribution in [2.24, 2.45) is 11.8 Å². The van der Waals surface area contributed by atoms with Crippen LogP contribution in [0.1, 0.15) is 39.0 Å². The van der Waals surface area contributed by atoms with Crippen LogP contribution in [-0.2, 0) is 0 Å². The molecule has 0 bridgehead atoms. The Morgan fingerprint density at radius 2 is 2.05 bits per heavy atom. The van der Waals surface area contributed by atoms with Gasteiger partial charge >= 0.3 is 0 Å². The van der Waals surface area contributed by atoms with Gasteiger partial charge in [-0.1, -0.05) is 25.3 Å². The van der Waals surface area contributed by atoms with E-state index in [0.29, 0.717) is 0 Å². The van der Waals surface area contributed by atoms with Crippen LogP contribution in [-0.4, -0.2) is 24.6 Å². The number of piperidine rings is 1. The first-order valence-electron chi connectivity index (χ1n) is 7.82. The third-order valence-corrected chi connectivity index (χ3v) is 4.71. The lowest BCUT2D eigenvalue weighted by molar-refractivity contribution is 0.202. The van der Waals surface area contributed by atoms with Gasteiger partial charge in [0, 0.05) is 19.6 Å². The number of hydrogen-bond donors (Lipinski definition) is 1. The van der Waals surface area contributed by atoms with E-state index < -0.39 is 0 Å². The molecule has 0 spiro atoms. The maximum atomic E-state index is 4.74. The minimum Gasteiger partial charge on any atom is -0.370 e. The second kappa shape index (κ2) is 5.81. The fourth-order valence-corrected chi connectivity index (χ4v) is 3.69. The SMILES string of the molecule is CCNc1cccc(N2CCC3CCCCC3C2)n1. The van der Waals surface area contributed by atoms with Gasteiger partial charge in [0.2, 0.25) is 0 Å². The molecule has 2 aliphatic rings. The lowest BCUT2D eigenvalue weighted by Crippen LogP contribution is -2.42. The molecule has 2 heterocycles. The molecule has 3 rings (SSSR count). The normalized spacial score (nSPS) is 26.9. The molecule has 1 saturated heterocycles. The first kappa shape index (κ1) is 12.8. The van der Waals surface area contributed by atoms with Crippen molar-refractivity contribution in [3.8, 4) is 0 Å². The highest BCUT2D eigenvalue weighted by Crippen LogP contribution is 2.37. The summed E-state index contributed by atoms with van der Waals surface area (Å²) in [6, 6.07) is 6.33. The van der Waals surface area contributed by atoms with Crippen molar-refractivity contribution >= 4 is 11.6 Å². The molecule has 1 aromatic heterocycles. The molecular formula is C16H25N3. The Morgan fingerprint density at radius 3 is 2.89 bits per heavy atom. The van der Waals surface area contributed by atoms with Gasteiger partial charge in [0.05, 0.1) is 0 Å². The van der Waals surface area contributed by atoms with E-state index in [-0.39, 0.29) is 0 Å². The van der Waals surface area contributed by atoms with Crippen molar-refractivity contribution in [3.05, 3.63) is 18.2 Å². The molecule has 19 heavy (non-hydrogen) atoms. The largest absolute Gasteiger partial charge is 0.370 e. The smallest absolute Gasteiger partial charge is 0.130 e. The van der Waals surface area contributed by atoms with Gasteiger partial charge in [0.1, 0.15) is 11.6 Å². The minimum absolute atomic E-state index is 0.909. The number of hydrogen-bond acceptors (Lipinski definition) is 3. The first-order chi connectivity index (χ1) is 9.36. The van der Waals surface area contributed by atoms with Gasteiger partial charge in [0.25, 0.3) is 0 Å². The third-order valence-electron chi connectivity index (χ3n) is 4.71. The second-order valence-electron chi connectivity index (χ2n) is 5.95. The van der Waals surface area contributed by atoms with Crippen LogP contribution in [0, 0.1) is 11.8 Å². The van der Waals surface area contributed by atoms with Gasteiger partial charge in [-0.25, -0.2) is 4.98 Å². The van der Waals surface area contributed by atoms with Crippen LogP contribution in [0.25, 0.3) is 0 Å². The van der Waals surface area contributed by atoms with E-state index in [1.54, 1.807) is 0 Å². The molecule has 3 heteroatoms. The number of nitrogens with one attached hydrogen (secondary N) is 1. The molecule has 104 valence electrons. The standard InChI is InChI=1S/C16H25N3/c1-2-17-15-8-5-9-16(18-15)19-11-10-13-6-3-4-7-14(13)12-19/h5,8-9,13-14H,2-4,6-7,10-12H2,1H3,(H,17,18). The molecular weight excluding hydrogens is 234 g/mol. The fourth-order valence-electron chi connectivity index (χ4n) is 3.69. The summed E-state index contributed by atoms with van der Waals surface area (Å²) in [7, 11) is 0. The summed E-state index contributed by atoms with van der Waals surface area (Å²) in [5.74, 6) is 4.06. The summed E-state index contributed by atoms with van der Waals surface area (Å²) in [6.45, 7) is 5.44. The minimum atomic E-state index is 0.909. The van der Waals surface area contributed by atoms with Crippen LogP contribution in [0.4, 0.5) is 11.6 Å². The number of aromatic nitrogens is 1. The molecule has 3 nitrogen and oxygen atoms in total. The van der Waals surface area contributed by atoms with Crippen molar-refractivity contribution in [2.75, 3.05) is 29.9 Å². The van der Waals surface area contributed by atoms with Crippen molar-refractivity contribution in [2.45, 2.75) is 39.0 Å². The molecule has 0 amide bonds. The van der Waals surface area contributed by atoms with E-state index in [1.165, 1.54) is 45.2 Å². The Kier molecular flexibility index (Phi) is 3.90. The van der Waals surface area contributed by atoms with E-state index in [0.717, 1.165) is 30.0 Å². The van der Waals surface area contributed by atoms with Crippen molar-refractivity contribution in [1.82, 2.24) is 4.98 Å². The number of nitrogens with zero attached hydrogens (tertiary/aromatic N) is 2. The number of rotatable bonds is 3. The summed E-state index contributed by atoms with van der Waals surface area (Å²) in [5.41, 5.74) is 0. The number of fused-ring (bicyclic) bond motifs is 1. The summed E-state index contributed by atoms with van der Waals surface area (Å²) in [5, 5.41) is 3.31. The van der Waals surface area contributed by atoms with E-state index in [1.807, 2.05) is 0 Å². The molecule has 1 aromatic rings. The Labute approximate surface area is 116 Å². The maximum absolute atomic E-state index is 4.74. The van der Waals surface area contributed by atoms with Gasteiger partial charge in [0.15, 0.2) is 0 Å². The molecule has 0 aromatic carbocycles. The van der Waals surface area contributed by atoms with E-state index in [2.05, 4.69) is 35.3 Å². The third kappa shape index (κ3) is 2.85. The maximum Gasteiger partial charge on any atom is 0.130 e. The zero-order valence-corrected chi connectivity index (χ0v) is 11.9. The first-order valence-corrected chi connectivity index (χ1v) is 7.82. The van der Waals surface area contributed by atoms with Crippen LogP contribution < -0.4 is 10.2 Å². The van der Waals surface area contributed by atoms with Crippen molar-refractivity contribution in [3.63, 3.8) is 0 Å². The number of pyridine rings is 1. The van der Waals surface area contributed by atoms with Gasteiger partial charge in [-0.05, 0) is 43.7 Å². The van der Waals surface area contributed by atoms with Crippen molar-refractivity contribution in [1.29, 1.82) is 0 Å². The topological polar surface area (TPSA) is 28.2 Å². The number of anilines is 2. The van der Waals surface area contributed by atoms with E-state index in [4.69, 9.17) is 4.98 Å². The highest BCUT2D eigenvalue weighted by molar-refractivity contribution is 5.47. The zero-order valence-electron chi connectivity index (χ0n) is 11.9. The quantitative estimate of drug-likeness (QED) is 0.900. The lowest BCUT2D eigenvalue weighted by Gasteiger charge is -2.41. The molecule has 1 aliphatic carbocycles. The summed E-state index contributed by atoms with van der Waals surface area (Å²) >= 11 is 0. The van der Waals surface area contributed by atoms with E-state index >= 15 is 0 Å². The molecule has 2 atom stereocenters. The van der Waals surface area contributed by atoms with Gasteiger partial charge in [-0.3, -0.25) is 0 Å². The predicted octanol–water partition coefficient (Wildman–Crippen LogP) is 3.53. The fraction of sp³-hybridized carbons (Fsp3) is 0.688. The average molecular weight is 259 g/mol. The molecule has 2 fully saturated rings. The molecule has 1 aliphatic heterocycles. The monoisotopic (exact) mass is 259 g/mol. The summed E-state index contributed by atoms with van der Waals surface area (Å²) in [4.78, 5) is 7.23. The second-order valence-corrected chi connectivity index (χ2v) is 5.95. The zero-order chi connectivity index (χ0) is 13.1. The molecule has 2 unspecified atom stereocenters. The predicted molar refractivity (Wildman–Crippen MR) is 80.7 cm³/mol. The van der Waals surface area contributed by atoms with Crippen LogP contribution in [0.15, 0.2) is 18.2 Å². The average Bonchev–Trinajstić information content (AvgIpc) is 2.47. The highest BCUT2D eigenvalue weighted by atomic mass is 15.2.